The quantitative estimate of drug-likeness (QED) is 0.767. The van der Waals surface area contributed by atoms with Gasteiger partial charge >= 0.3 is 0 Å². The highest BCUT2D eigenvalue weighted by Crippen LogP contribution is 2.34. The molecule has 2 rings (SSSR count). The first-order valence-corrected chi connectivity index (χ1v) is 7.00. The molecule has 1 N–H and O–H groups in total. The van der Waals surface area contributed by atoms with Crippen molar-refractivity contribution in [1.29, 1.82) is 0 Å². The Bertz CT molecular complexity index is 366. The monoisotopic (exact) mass is 249 g/mol. The molecule has 1 saturated carbocycles. The number of aromatic nitrogens is 2. The minimum Gasteiger partial charge on any atom is -0.478 e. The van der Waals surface area contributed by atoms with Crippen molar-refractivity contribution in [3.8, 4) is 5.88 Å². The van der Waals surface area contributed by atoms with Gasteiger partial charge in [-0.3, -0.25) is 0 Å². The molecule has 1 aromatic rings. The number of nitrogens with zero attached hydrogens (tertiary/aromatic N) is 2. The van der Waals surface area contributed by atoms with Gasteiger partial charge in [0.05, 0.1) is 6.61 Å². The summed E-state index contributed by atoms with van der Waals surface area (Å²) in [7, 11) is 0. The van der Waals surface area contributed by atoms with Crippen LogP contribution in [0.4, 0.5) is 0 Å². The van der Waals surface area contributed by atoms with Crippen molar-refractivity contribution in [1.82, 2.24) is 15.3 Å². The van der Waals surface area contributed by atoms with Gasteiger partial charge in [-0.05, 0) is 31.7 Å². The van der Waals surface area contributed by atoms with Gasteiger partial charge in [0.15, 0.2) is 0 Å². The van der Waals surface area contributed by atoms with Crippen molar-refractivity contribution in [2.75, 3.05) is 13.2 Å². The molecule has 1 atom stereocenters. The largest absolute Gasteiger partial charge is 0.478 e. The minimum absolute atomic E-state index is 0.559. The van der Waals surface area contributed by atoms with Gasteiger partial charge in [-0.1, -0.05) is 13.8 Å². The fourth-order valence-corrected chi connectivity index (χ4v) is 2.17. The van der Waals surface area contributed by atoms with Crippen LogP contribution in [0.1, 0.15) is 38.8 Å². The second kappa shape index (κ2) is 6.69. The molecule has 4 heteroatoms. The zero-order chi connectivity index (χ0) is 12.8. The minimum atomic E-state index is 0.559. The fourth-order valence-electron chi connectivity index (χ4n) is 2.17. The van der Waals surface area contributed by atoms with E-state index in [9.17, 15) is 0 Å². The van der Waals surface area contributed by atoms with Crippen LogP contribution in [0.2, 0.25) is 0 Å². The molecule has 0 spiro atoms. The van der Waals surface area contributed by atoms with Crippen LogP contribution >= 0.6 is 0 Å². The molecule has 1 heterocycles. The standard InChI is InChI=1S/C14H23N3O/c1-3-7-18-14-9-12(16-10-17-14)8-13(15-4-2)11-5-6-11/h9-11,13,15H,3-8H2,1-2H3. The Labute approximate surface area is 109 Å². The van der Waals surface area contributed by atoms with Crippen molar-refractivity contribution in [3.63, 3.8) is 0 Å². The molecule has 0 bridgehead atoms. The number of nitrogens with one attached hydrogen (secondary N) is 1. The maximum atomic E-state index is 5.54. The third-order valence-electron chi connectivity index (χ3n) is 3.24. The lowest BCUT2D eigenvalue weighted by atomic mass is 10.1. The van der Waals surface area contributed by atoms with Crippen molar-refractivity contribution < 1.29 is 4.74 Å². The molecule has 1 fully saturated rings. The molecule has 1 aliphatic carbocycles. The van der Waals surface area contributed by atoms with E-state index in [0.717, 1.165) is 37.6 Å². The molecule has 1 aromatic heterocycles. The molecule has 18 heavy (non-hydrogen) atoms. The van der Waals surface area contributed by atoms with E-state index in [1.54, 1.807) is 6.33 Å². The second-order valence-corrected chi connectivity index (χ2v) is 4.90. The summed E-state index contributed by atoms with van der Waals surface area (Å²) >= 11 is 0. The summed E-state index contributed by atoms with van der Waals surface area (Å²) in [6.45, 7) is 5.99. The van der Waals surface area contributed by atoms with E-state index in [1.165, 1.54) is 12.8 Å². The van der Waals surface area contributed by atoms with Crippen LogP contribution in [0.25, 0.3) is 0 Å². The summed E-state index contributed by atoms with van der Waals surface area (Å²) in [6.07, 6.45) is 6.28. The predicted octanol–water partition coefficient (Wildman–Crippen LogP) is 2.20. The maximum Gasteiger partial charge on any atom is 0.216 e. The van der Waals surface area contributed by atoms with Crippen molar-refractivity contribution in [2.45, 2.75) is 45.6 Å². The van der Waals surface area contributed by atoms with Gasteiger partial charge < -0.3 is 10.1 Å². The third-order valence-corrected chi connectivity index (χ3v) is 3.24. The van der Waals surface area contributed by atoms with Crippen LogP contribution in [-0.4, -0.2) is 29.2 Å². The van der Waals surface area contributed by atoms with E-state index in [4.69, 9.17) is 4.74 Å². The summed E-state index contributed by atoms with van der Waals surface area (Å²) in [4.78, 5) is 8.49. The third kappa shape index (κ3) is 3.95. The van der Waals surface area contributed by atoms with E-state index < -0.39 is 0 Å². The summed E-state index contributed by atoms with van der Waals surface area (Å²) < 4.78 is 5.54. The Kier molecular flexibility index (Phi) is 4.93. The van der Waals surface area contributed by atoms with Gasteiger partial charge in [0.1, 0.15) is 6.33 Å². The van der Waals surface area contributed by atoms with Crippen molar-refractivity contribution >= 4 is 0 Å². The molecule has 0 radical (unpaired) electrons. The molecule has 1 aliphatic rings. The average Bonchev–Trinajstić information content (AvgIpc) is 3.21. The average molecular weight is 249 g/mol. The molecule has 0 saturated heterocycles. The number of hydrogen-bond acceptors (Lipinski definition) is 4. The van der Waals surface area contributed by atoms with Crippen molar-refractivity contribution in [3.05, 3.63) is 18.1 Å². The Morgan fingerprint density at radius 1 is 1.39 bits per heavy atom. The Morgan fingerprint density at radius 3 is 2.89 bits per heavy atom. The molecular formula is C14H23N3O. The summed E-state index contributed by atoms with van der Waals surface area (Å²) in [5.41, 5.74) is 1.08. The van der Waals surface area contributed by atoms with Gasteiger partial charge in [0.2, 0.25) is 5.88 Å². The maximum absolute atomic E-state index is 5.54. The zero-order valence-corrected chi connectivity index (χ0v) is 11.4. The lowest BCUT2D eigenvalue weighted by molar-refractivity contribution is 0.304. The van der Waals surface area contributed by atoms with Gasteiger partial charge in [0.25, 0.3) is 0 Å². The van der Waals surface area contributed by atoms with E-state index >= 15 is 0 Å². The van der Waals surface area contributed by atoms with Crippen LogP contribution < -0.4 is 10.1 Å². The SMILES string of the molecule is CCCOc1cc(CC(NCC)C2CC2)ncn1. The van der Waals surface area contributed by atoms with Gasteiger partial charge in [-0.15, -0.1) is 0 Å². The van der Waals surface area contributed by atoms with Crippen molar-refractivity contribution in [2.24, 2.45) is 5.92 Å². The zero-order valence-electron chi connectivity index (χ0n) is 11.4. The molecule has 0 aromatic carbocycles. The number of rotatable bonds is 8. The molecule has 0 amide bonds. The molecule has 1 unspecified atom stereocenters. The van der Waals surface area contributed by atoms with E-state index in [0.29, 0.717) is 11.9 Å². The summed E-state index contributed by atoms with van der Waals surface area (Å²) in [5, 5.41) is 3.55. The lowest BCUT2D eigenvalue weighted by Crippen LogP contribution is -2.33. The molecule has 0 aliphatic heterocycles. The first kappa shape index (κ1) is 13.3. The van der Waals surface area contributed by atoms with Crippen LogP contribution in [0.5, 0.6) is 5.88 Å². The van der Waals surface area contributed by atoms with Gasteiger partial charge in [-0.2, -0.15) is 0 Å². The number of hydrogen-bond donors (Lipinski definition) is 1. The van der Waals surface area contributed by atoms with Crippen LogP contribution in [0.15, 0.2) is 12.4 Å². The smallest absolute Gasteiger partial charge is 0.216 e. The Morgan fingerprint density at radius 2 is 2.22 bits per heavy atom. The van der Waals surface area contributed by atoms with Crippen LogP contribution in [-0.2, 0) is 6.42 Å². The highest BCUT2D eigenvalue weighted by Gasteiger charge is 2.30. The molecule has 4 nitrogen and oxygen atoms in total. The van der Waals surface area contributed by atoms with Crippen LogP contribution in [0.3, 0.4) is 0 Å². The van der Waals surface area contributed by atoms with E-state index in [1.807, 2.05) is 6.07 Å². The van der Waals surface area contributed by atoms with Gasteiger partial charge in [0, 0.05) is 24.2 Å². The number of ether oxygens (including phenoxy) is 1. The fraction of sp³-hybridized carbons (Fsp3) is 0.714. The van der Waals surface area contributed by atoms with Gasteiger partial charge in [-0.25, -0.2) is 9.97 Å². The lowest BCUT2D eigenvalue weighted by Gasteiger charge is -2.16. The van der Waals surface area contributed by atoms with E-state index in [2.05, 4.69) is 29.1 Å². The Hall–Kier alpha value is -1.16. The normalized spacial score (nSPS) is 16.6. The second-order valence-electron chi connectivity index (χ2n) is 4.90. The van der Waals surface area contributed by atoms with E-state index in [-0.39, 0.29) is 0 Å². The molecular weight excluding hydrogens is 226 g/mol. The summed E-state index contributed by atoms with van der Waals surface area (Å²) in [5.74, 6) is 1.54. The predicted molar refractivity (Wildman–Crippen MR) is 71.7 cm³/mol. The first-order chi connectivity index (χ1) is 8.83. The first-order valence-electron chi connectivity index (χ1n) is 7.00. The topological polar surface area (TPSA) is 47.0 Å². The molecule has 100 valence electrons. The highest BCUT2D eigenvalue weighted by molar-refractivity contribution is 5.15. The summed E-state index contributed by atoms with van der Waals surface area (Å²) in [6, 6.07) is 2.53. The van der Waals surface area contributed by atoms with Crippen LogP contribution in [0, 0.1) is 5.92 Å². The number of likely N-dealkylation sites (N-methyl/N-ethyl adjacent to an activating group) is 1. The highest BCUT2D eigenvalue weighted by atomic mass is 16.5. The Balaban J connectivity index is 1.94.